The molecule has 0 aliphatic carbocycles. The minimum absolute atomic E-state index is 0.0610. The van der Waals surface area contributed by atoms with Gasteiger partial charge in [0.1, 0.15) is 11.5 Å². The molecule has 26 heavy (non-hydrogen) atoms. The van der Waals surface area contributed by atoms with E-state index in [1.54, 1.807) is 25.3 Å². The van der Waals surface area contributed by atoms with E-state index < -0.39 is 5.76 Å². The predicted molar refractivity (Wildman–Crippen MR) is 96.9 cm³/mol. The number of carbonyl (C=O) groups is 1. The van der Waals surface area contributed by atoms with Crippen LogP contribution in [-0.4, -0.2) is 29.9 Å². The van der Waals surface area contributed by atoms with Crippen LogP contribution in [0.3, 0.4) is 0 Å². The highest BCUT2D eigenvalue weighted by atomic mass is 32.1. The van der Waals surface area contributed by atoms with Crippen LogP contribution < -0.4 is 20.5 Å². The molecule has 1 amide bonds. The van der Waals surface area contributed by atoms with Crippen molar-refractivity contribution < 1.29 is 18.7 Å². The number of carbonyl (C=O) groups excluding carboxylic acids is 1. The number of thiophene rings is 1. The zero-order valence-electron chi connectivity index (χ0n) is 14.2. The number of benzene rings is 1. The van der Waals surface area contributed by atoms with Crippen LogP contribution in [-0.2, 0) is 11.3 Å². The molecule has 9 heteroatoms. The van der Waals surface area contributed by atoms with Gasteiger partial charge in [-0.15, -0.1) is 16.4 Å². The van der Waals surface area contributed by atoms with Crippen LogP contribution in [0.1, 0.15) is 6.42 Å². The van der Waals surface area contributed by atoms with Gasteiger partial charge in [0.25, 0.3) is 5.89 Å². The first-order valence-corrected chi connectivity index (χ1v) is 8.62. The molecule has 0 saturated carbocycles. The maximum absolute atomic E-state index is 12.2. The SMILES string of the molecule is COc1ccc(NC(=O)CCn2nc(-c3cccs3)oc2=O)c(OC)c1. The van der Waals surface area contributed by atoms with Crippen molar-refractivity contribution in [3.63, 3.8) is 0 Å². The molecule has 0 spiro atoms. The van der Waals surface area contributed by atoms with E-state index in [1.807, 2.05) is 17.5 Å². The molecule has 0 unspecified atom stereocenters. The van der Waals surface area contributed by atoms with Gasteiger partial charge in [-0.2, -0.15) is 4.68 Å². The second kappa shape index (κ2) is 7.87. The maximum Gasteiger partial charge on any atom is 0.437 e. The number of ether oxygens (including phenoxy) is 2. The Morgan fingerprint density at radius 2 is 2.15 bits per heavy atom. The summed E-state index contributed by atoms with van der Waals surface area (Å²) in [5.74, 6) is 0.484. The summed E-state index contributed by atoms with van der Waals surface area (Å²) in [4.78, 5) is 24.8. The third-order valence-electron chi connectivity index (χ3n) is 3.57. The van der Waals surface area contributed by atoms with E-state index in [1.165, 1.54) is 18.4 Å². The molecule has 3 rings (SSSR count). The van der Waals surface area contributed by atoms with Gasteiger partial charge in [0.15, 0.2) is 0 Å². The van der Waals surface area contributed by atoms with Crippen molar-refractivity contribution in [2.45, 2.75) is 13.0 Å². The van der Waals surface area contributed by atoms with Gasteiger partial charge in [-0.05, 0) is 23.6 Å². The third-order valence-corrected chi connectivity index (χ3v) is 4.43. The quantitative estimate of drug-likeness (QED) is 0.682. The first-order chi connectivity index (χ1) is 12.6. The molecule has 0 bridgehead atoms. The summed E-state index contributed by atoms with van der Waals surface area (Å²) in [6, 6.07) is 8.73. The molecular formula is C17H17N3O5S. The Bertz CT molecular complexity index is 946. The Balaban J connectivity index is 1.64. The smallest absolute Gasteiger partial charge is 0.437 e. The van der Waals surface area contributed by atoms with Crippen molar-refractivity contribution >= 4 is 22.9 Å². The molecule has 0 radical (unpaired) electrons. The number of hydrogen-bond donors (Lipinski definition) is 1. The first kappa shape index (κ1) is 17.7. The highest BCUT2D eigenvalue weighted by Gasteiger charge is 2.13. The number of aryl methyl sites for hydroxylation is 1. The Hall–Kier alpha value is -3.07. The molecule has 1 N–H and O–H groups in total. The lowest BCUT2D eigenvalue weighted by molar-refractivity contribution is -0.116. The van der Waals surface area contributed by atoms with Gasteiger partial charge in [0.05, 0.1) is 31.3 Å². The van der Waals surface area contributed by atoms with Crippen molar-refractivity contribution in [2.24, 2.45) is 0 Å². The van der Waals surface area contributed by atoms with Crippen LogP contribution in [0.4, 0.5) is 5.69 Å². The fraction of sp³-hybridized carbons (Fsp3) is 0.235. The standard InChI is InChI=1S/C17H17N3O5S/c1-23-11-5-6-12(13(10-11)24-2)18-15(21)7-8-20-17(22)25-16(19-20)14-4-3-9-26-14/h3-6,9-10H,7-8H2,1-2H3,(H,18,21). The van der Waals surface area contributed by atoms with Crippen molar-refractivity contribution in [1.82, 2.24) is 9.78 Å². The van der Waals surface area contributed by atoms with E-state index in [-0.39, 0.29) is 24.8 Å². The van der Waals surface area contributed by atoms with Crippen LogP contribution in [0.15, 0.2) is 44.9 Å². The zero-order chi connectivity index (χ0) is 18.5. The summed E-state index contributed by atoms with van der Waals surface area (Å²) in [5.41, 5.74) is 0.519. The van der Waals surface area contributed by atoms with Gasteiger partial charge < -0.3 is 19.2 Å². The summed E-state index contributed by atoms with van der Waals surface area (Å²) < 4.78 is 16.6. The summed E-state index contributed by atoms with van der Waals surface area (Å²) >= 11 is 1.42. The predicted octanol–water partition coefficient (Wildman–Crippen LogP) is 2.61. The lowest BCUT2D eigenvalue weighted by Gasteiger charge is -2.11. The average Bonchev–Trinajstić information content (AvgIpc) is 3.30. The number of methoxy groups -OCH3 is 2. The molecular weight excluding hydrogens is 358 g/mol. The van der Waals surface area contributed by atoms with Gasteiger partial charge in [0, 0.05) is 12.5 Å². The number of amides is 1. The molecule has 1 aromatic carbocycles. The van der Waals surface area contributed by atoms with Crippen LogP contribution in [0.5, 0.6) is 11.5 Å². The maximum atomic E-state index is 12.2. The largest absolute Gasteiger partial charge is 0.497 e. The van der Waals surface area contributed by atoms with Crippen molar-refractivity contribution in [3.8, 4) is 22.3 Å². The van der Waals surface area contributed by atoms with Gasteiger partial charge in [-0.25, -0.2) is 4.79 Å². The fourth-order valence-electron chi connectivity index (χ4n) is 2.27. The van der Waals surface area contributed by atoms with Gasteiger partial charge in [-0.3, -0.25) is 4.79 Å². The Labute approximate surface area is 153 Å². The van der Waals surface area contributed by atoms with E-state index in [4.69, 9.17) is 13.9 Å². The van der Waals surface area contributed by atoms with Crippen LogP contribution in [0.25, 0.3) is 10.8 Å². The average molecular weight is 375 g/mol. The van der Waals surface area contributed by atoms with Gasteiger partial charge in [0.2, 0.25) is 5.91 Å². The Morgan fingerprint density at radius 3 is 2.85 bits per heavy atom. The van der Waals surface area contributed by atoms with Crippen molar-refractivity contribution in [3.05, 3.63) is 46.3 Å². The second-order valence-corrected chi connectivity index (χ2v) is 6.19. The zero-order valence-corrected chi connectivity index (χ0v) is 15.0. The topological polar surface area (TPSA) is 95.6 Å². The summed E-state index contributed by atoms with van der Waals surface area (Å²) in [5, 5.41) is 8.73. The van der Waals surface area contributed by atoms with E-state index in [2.05, 4.69) is 10.4 Å². The molecule has 2 heterocycles. The van der Waals surface area contributed by atoms with Crippen molar-refractivity contribution in [2.75, 3.05) is 19.5 Å². The lowest BCUT2D eigenvalue weighted by atomic mass is 10.2. The molecule has 0 aliphatic rings. The molecule has 136 valence electrons. The minimum Gasteiger partial charge on any atom is -0.497 e. The highest BCUT2D eigenvalue weighted by molar-refractivity contribution is 7.13. The van der Waals surface area contributed by atoms with Gasteiger partial charge in [-0.1, -0.05) is 6.07 Å². The molecule has 2 aromatic heterocycles. The Morgan fingerprint density at radius 1 is 1.31 bits per heavy atom. The molecule has 0 atom stereocenters. The summed E-state index contributed by atoms with van der Waals surface area (Å²) in [6.45, 7) is 0.109. The van der Waals surface area contributed by atoms with Crippen LogP contribution >= 0.6 is 11.3 Å². The van der Waals surface area contributed by atoms with Crippen molar-refractivity contribution in [1.29, 1.82) is 0 Å². The van der Waals surface area contributed by atoms with E-state index in [0.29, 0.717) is 17.2 Å². The summed E-state index contributed by atoms with van der Waals surface area (Å²) in [6.07, 6.45) is 0.0610. The monoisotopic (exact) mass is 375 g/mol. The Kier molecular flexibility index (Phi) is 5.37. The van der Waals surface area contributed by atoms with E-state index >= 15 is 0 Å². The molecule has 3 aromatic rings. The third kappa shape index (κ3) is 3.94. The molecule has 0 aliphatic heterocycles. The number of nitrogens with zero attached hydrogens (tertiary/aromatic N) is 2. The second-order valence-electron chi connectivity index (χ2n) is 5.24. The number of rotatable bonds is 7. The summed E-state index contributed by atoms with van der Waals surface area (Å²) in [7, 11) is 3.05. The van der Waals surface area contributed by atoms with E-state index in [0.717, 1.165) is 9.56 Å². The normalized spacial score (nSPS) is 10.5. The lowest BCUT2D eigenvalue weighted by Crippen LogP contribution is -2.21. The number of hydrogen-bond acceptors (Lipinski definition) is 7. The number of aromatic nitrogens is 2. The van der Waals surface area contributed by atoms with Crippen LogP contribution in [0, 0.1) is 0 Å². The number of anilines is 1. The van der Waals surface area contributed by atoms with Crippen LogP contribution in [0.2, 0.25) is 0 Å². The molecule has 0 fully saturated rings. The van der Waals surface area contributed by atoms with Gasteiger partial charge >= 0.3 is 5.76 Å². The number of nitrogens with one attached hydrogen (secondary N) is 1. The van der Waals surface area contributed by atoms with E-state index in [9.17, 15) is 9.59 Å². The highest BCUT2D eigenvalue weighted by Crippen LogP contribution is 2.29. The molecule has 0 saturated heterocycles. The fourth-order valence-corrected chi connectivity index (χ4v) is 2.91. The first-order valence-electron chi connectivity index (χ1n) is 7.74. The minimum atomic E-state index is -0.594. The molecule has 8 nitrogen and oxygen atoms in total.